The molecule has 128 valence electrons. The van der Waals surface area contributed by atoms with E-state index in [0.717, 1.165) is 0 Å². The fourth-order valence-electron chi connectivity index (χ4n) is 3.04. The number of esters is 1. The van der Waals surface area contributed by atoms with Crippen LogP contribution in [0.1, 0.15) is 20.8 Å². The van der Waals surface area contributed by atoms with Gasteiger partial charge in [-0.3, -0.25) is 15.3 Å². The molecule has 2 fully saturated rings. The van der Waals surface area contributed by atoms with Gasteiger partial charge in [0.2, 0.25) is 6.04 Å². The minimum Gasteiger partial charge on any atom is -0.464 e. The molecule has 5 atom stereocenters. The number of ether oxygens (including phenoxy) is 4. The maximum atomic E-state index is 11.8. The van der Waals surface area contributed by atoms with Gasteiger partial charge in [-0.25, -0.2) is 4.79 Å². The number of hydrogen-bond donors (Lipinski definition) is 2. The molecule has 3 rings (SSSR count). The van der Waals surface area contributed by atoms with Gasteiger partial charge < -0.3 is 24.1 Å². The number of aliphatic hydroxyl groups is 1. The summed E-state index contributed by atoms with van der Waals surface area (Å²) in [6.07, 6.45) is -0.804. The molecule has 0 spiro atoms. The monoisotopic (exact) mass is 327 g/mol. The lowest BCUT2D eigenvalue weighted by molar-refractivity contribution is -0.198. The summed E-state index contributed by atoms with van der Waals surface area (Å²) in [7, 11) is 0. The van der Waals surface area contributed by atoms with Gasteiger partial charge in [-0.1, -0.05) is 0 Å². The second-order valence-corrected chi connectivity index (χ2v) is 6.02. The van der Waals surface area contributed by atoms with E-state index in [9.17, 15) is 9.90 Å². The van der Waals surface area contributed by atoms with Crippen LogP contribution in [0.3, 0.4) is 0 Å². The zero-order valence-corrected chi connectivity index (χ0v) is 13.3. The summed E-state index contributed by atoms with van der Waals surface area (Å²) in [6, 6.07) is -1.000. The lowest BCUT2D eigenvalue weighted by Crippen LogP contribution is -2.47. The molecule has 0 aromatic rings. The molecule has 3 heterocycles. The van der Waals surface area contributed by atoms with Crippen molar-refractivity contribution in [2.24, 2.45) is 4.99 Å². The third-order valence-electron chi connectivity index (χ3n) is 3.97. The van der Waals surface area contributed by atoms with Crippen LogP contribution in [-0.4, -0.2) is 77.7 Å². The van der Waals surface area contributed by atoms with Crippen LogP contribution in [0.15, 0.2) is 4.99 Å². The van der Waals surface area contributed by atoms with Crippen LogP contribution in [0.5, 0.6) is 0 Å². The highest BCUT2D eigenvalue weighted by molar-refractivity contribution is 6.11. The Balaban J connectivity index is 1.76. The maximum absolute atomic E-state index is 11.8. The molecule has 2 saturated heterocycles. The number of nitrogens with zero attached hydrogens (tertiary/aromatic N) is 2. The number of amidine groups is 1. The van der Waals surface area contributed by atoms with Crippen molar-refractivity contribution in [1.82, 2.24) is 4.90 Å². The number of aliphatic imine (C=N–C) groups is 1. The van der Waals surface area contributed by atoms with Crippen molar-refractivity contribution in [3.8, 4) is 0 Å². The molecule has 5 unspecified atom stereocenters. The Hall–Kier alpha value is -1.55. The van der Waals surface area contributed by atoms with Crippen molar-refractivity contribution in [3.63, 3.8) is 0 Å². The van der Waals surface area contributed by atoms with Gasteiger partial charge in [-0.15, -0.1) is 0 Å². The summed E-state index contributed by atoms with van der Waals surface area (Å²) in [4.78, 5) is 17.3. The molecule has 0 aliphatic carbocycles. The highest BCUT2D eigenvalue weighted by Crippen LogP contribution is 2.40. The lowest BCUT2D eigenvalue weighted by atomic mass is 10.1. The molecule has 0 bridgehead atoms. The second-order valence-electron chi connectivity index (χ2n) is 6.02. The number of hydrogen-bond acceptors (Lipinski definition) is 8. The molecule has 0 aromatic carbocycles. The third-order valence-corrected chi connectivity index (χ3v) is 3.97. The summed E-state index contributed by atoms with van der Waals surface area (Å²) in [5, 5.41) is 17.7. The molecule has 0 aromatic heterocycles. The van der Waals surface area contributed by atoms with E-state index in [2.05, 4.69) is 4.99 Å². The Bertz CT molecular complexity index is 537. The first kappa shape index (κ1) is 16.3. The van der Waals surface area contributed by atoms with Gasteiger partial charge in [-0.2, -0.15) is 0 Å². The largest absolute Gasteiger partial charge is 0.464 e. The predicted octanol–water partition coefficient (Wildman–Crippen LogP) is -0.523. The van der Waals surface area contributed by atoms with E-state index in [-0.39, 0.29) is 19.0 Å². The highest BCUT2D eigenvalue weighted by atomic mass is 16.8. The molecule has 3 aliphatic rings. The van der Waals surface area contributed by atoms with Crippen molar-refractivity contribution in [2.45, 2.75) is 57.1 Å². The van der Waals surface area contributed by atoms with E-state index >= 15 is 0 Å². The van der Waals surface area contributed by atoms with Crippen LogP contribution in [0.25, 0.3) is 0 Å². The fourth-order valence-corrected chi connectivity index (χ4v) is 3.04. The Morgan fingerprint density at radius 2 is 2.17 bits per heavy atom. The van der Waals surface area contributed by atoms with Gasteiger partial charge >= 0.3 is 5.97 Å². The zero-order chi connectivity index (χ0) is 16.8. The predicted molar refractivity (Wildman–Crippen MR) is 78.1 cm³/mol. The van der Waals surface area contributed by atoms with Crippen molar-refractivity contribution in [3.05, 3.63) is 0 Å². The van der Waals surface area contributed by atoms with Gasteiger partial charge in [0.25, 0.3) is 0 Å². The Labute approximate surface area is 133 Å². The number of rotatable bonds is 4. The Kier molecular flexibility index (Phi) is 4.13. The molecule has 9 heteroatoms. The molecule has 2 N–H and O–H groups in total. The van der Waals surface area contributed by atoms with Gasteiger partial charge in [0.05, 0.1) is 19.6 Å². The summed E-state index contributed by atoms with van der Waals surface area (Å²) in [5.41, 5.74) is 0. The van der Waals surface area contributed by atoms with Gasteiger partial charge in [0, 0.05) is 0 Å². The number of nitrogens with one attached hydrogen (secondary N) is 1. The smallest absolute Gasteiger partial charge is 0.338 e. The van der Waals surface area contributed by atoms with Crippen LogP contribution in [-0.2, 0) is 23.7 Å². The topological polar surface area (TPSA) is 114 Å². The van der Waals surface area contributed by atoms with Gasteiger partial charge in [0.1, 0.15) is 24.1 Å². The fraction of sp³-hybridized carbons (Fsp3) is 0.786. The maximum Gasteiger partial charge on any atom is 0.338 e. The number of carbonyl (C=O) groups is 1. The van der Waals surface area contributed by atoms with E-state index in [4.69, 9.17) is 24.4 Å². The number of aliphatic hydroxyl groups excluding tert-OH is 1. The standard InChI is InChI=1S/C14H21N3O6/c1-4-20-13(19)8-11(15)17(6-16-8)12-10-9(7(5-18)21-12)22-14(2,3)23-10/h6-10,12,15,18H,4-5H2,1-3H3. The van der Waals surface area contributed by atoms with Crippen LogP contribution in [0.2, 0.25) is 0 Å². The van der Waals surface area contributed by atoms with Crippen molar-refractivity contribution in [1.29, 1.82) is 5.41 Å². The molecular weight excluding hydrogens is 306 g/mol. The molecule has 23 heavy (non-hydrogen) atoms. The van der Waals surface area contributed by atoms with Gasteiger partial charge in [-0.05, 0) is 20.8 Å². The molecule has 0 amide bonds. The molecule has 0 saturated carbocycles. The molecule has 0 radical (unpaired) electrons. The molecule has 9 nitrogen and oxygen atoms in total. The summed E-state index contributed by atoms with van der Waals surface area (Å²) >= 11 is 0. The third kappa shape index (κ3) is 2.74. The first-order chi connectivity index (χ1) is 10.9. The SMILES string of the molecule is CCOC(=O)C1N=CN(C2OC(CO)C3OC(C)(C)OC32)C1=N. The average molecular weight is 327 g/mol. The Morgan fingerprint density at radius 3 is 2.83 bits per heavy atom. The minimum atomic E-state index is -1.000. The Morgan fingerprint density at radius 1 is 1.48 bits per heavy atom. The summed E-state index contributed by atoms with van der Waals surface area (Å²) < 4.78 is 22.3. The summed E-state index contributed by atoms with van der Waals surface area (Å²) in [6.45, 7) is 5.25. The van der Waals surface area contributed by atoms with E-state index in [1.807, 2.05) is 0 Å². The molecular formula is C14H21N3O6. The van der Waals surface area contributed by atoms with Crippen molar-refractivity contribution >= 4 is 18.1 Å². The minimum absolute atomic E-state index is 0.0425. The first-order valence-electron chi connectivity index (χ1n) is 7.56. The normalized spacial score (nSPS) is 38.2. The van der Waals surface area contributed by atoms with E-state index < -0.39 is 42.3 Å². The van der Waals surface area contributed by atoms with Crippen molar-refractivity contribution < 1.29 is 28.8 Å². The number of carbonyl (C=O) groups excluding carboxylic acids is 1. The first-order valence-corrected chi connectivity index (χ1v) is 7.56. The van der Waals surface area contributed by atoms with Gasteiger partial charge in [0.15, 0.2) is 12.0 Å². The quantitative estimate of drug-likeness (QED) is 0.668. The van der Waals surface area contributed by atoms with Crippen LogP contribution < -0.4 is 0 Å². The van der Waals surface area contributed by atoms with E-state index in [1.54, 1.807) is 20.8 Å². The average Bonchev–Trinajstić information content (AvgIpc) is 3.10. The molecule has 3 aliphatic heterocycles. The second kappa shape index (κ2) is 5.82. The number of fused-ring (bicyclic) bond motifs is 1. The lowest BCUT2D eigenvalue weighted by Gasteiger charge is -2.29. The van der Waals surface area contributed by atoms with E-state index in [0.29, 0.717) is 0 Å². The van der Waals surface area contributed by atoms with Crippen molar-refractivity contribution in [2.75, 3.05) is 13.2 Å². The van der Waals surface area contributed by atoms with Crippen LogP contribution in [0.4, 0.5) is 0 Å². The van der Waals surface area contributed by atoms with E-state index in [1.165, 1.54) is 11.2 Å². The summed E-state index contributed by atoms with van der Waals surface area (Å²) in [5.74, 6) is -1.42. The van der Waals surface area contributed by atoms with Crippen LogP contribution >= 0.6 is 0 Å². The highest BCUT2D eigenvalue weighted by Gasteiger charge is 2.57. The van der Waals surface area contributed by atoms with Crippen LogP contribution in [0, 0.1) is 5.41 Å². The zero-order valence-electron chi connectivity index (χ0n) is 13.3.